The summed E-state index contributed by atoms with van der Waals surface area (Å²) < 4.78 is 0. The summed E-state index contributed by atoms with van der Waals surface area (Å²) in [6.45, 7) is 9.39. The van der Waals surface area contributed by atoms with Crippen LogP contribution in [-0.4, -0.2) is 0 Å². The van der Waals surface area contributed by atoms with Crippen molar-refractivity contribution < 1.29 is 0 Å². The second-order valence-electron chi connectivity index (χ2n) is 3.11. The first kappa shape index (κ1) is 9.39. The molecule has 0 unspecified atom stereocenters. The van der Waals surface area contributed by atoms with Gasteiger partial charge in [0.05, 0.1) is 0 Å². The van der Waals surface area contributed by atoms with Crippen molar-refractivity contribution in [2.24, 2.45) is 5.73 Å². The first-order chi connectivity index (χ1) is 6.02. The zero-order chi connectivity index (χ0) is 10.0. The highest BCUT2D eigenvalue weighted by Gasteiger charge is 2.01. The van der Waals surface area contributed by atoms with Crippen LogP contribution in [0.25, 0.3) is 11.3 Å². The molecule has 68 valence electrons. The van der Waals surface area contributed by atoms with Crippen LogP contribution in [0.2, 0.25) is 0 Å². The van der Waals surface area contributed by atoms with Crippen LogP contribution < -0.4 is 11.5 Å². The monoisotopic (exact) mass is 174 g/mol. The van der Waals surface area contributed by atoms with Gasteiger partial charge in [-0.25, -0.2) is 0 Å². The van der Waals surface area contributed by atoms with E-state index < -0.39 is 0 Å². The molecule has 0 aliphatic heterocycles. The molecule has 0 amide bonds. The van der Waals surface area contributed by atoms with Crippen LogP contribution in [-0.2, 0) is 0 Å². The van der Waals surface area contributed by atoms with Gasteiger partial charge in [-0.15, -0.1) is 0 Å². The van der Waals surface area contributed by atoms with E-state index in [-0.39, 0.29) is 0 Å². The third-order valence-electron chi connectivity index (χ3n) is 1.88. The molecule has 0 aromatic heterocycles. The summed E-state index contributed by atoms with van der Waals surface area (Å²) >= 11 is 0. The summed E-state index contributed by atoms with van der Waals surface area (Å²) in [4.78, 5) is 0. The van der Waals surface area contributed by atoms with Gasteiger partial charge in [-0.3, -0.25) is 0 Å². The van der Waals surface area contributed by atoms with E-state index in [1.807, 2.05) is 25.1 Å². The molecule has 0 bridgehead atoms. The number of nitrogen functional groups attached to an aromatic ring is 1. The zero-order valence-corrected chi connectivity index (χ0v) is 7.80. The van der Waals surface area contributed by atoms with Gasteiger partial charge in [-0.05, 0) is 29.7 Å². The Morgan fingerprint density at radius 2 is 1.92 bits per heavy atom. The van der Waals surface area contributed by atoms with Crippen LogP contribution in [0, 0.1) is 0 Å². The molecule has 0 spiro atoms. The predicted octanol–water partition coefficient (Wildman–Crippen LogP) is 2.23. The minimum Gasteiger partial charge on any atom is -0.399 e. The Morgan fingerprint density at radius 3 is 2.31 bits per heavy atom. The summed E-state index contributed by atoms with van der Waals surface area (Å²) in [7, 11) is 0. The molecule has 4 N–H and O–H groups in total. The van der Waals surface area contributed by atoms with E-state index in [1.54, 1.807) is 0 Å². The van der Waals surface area contributed by atoms with Crippen LogP contribution in [0.1, 0.15) is 18.1 Å². The largest absolute Gasteiger partial charge is 0.399 e. The van der Waals surface area contributed by atoms with Crippen molar-refractivity contribution >= 4 is 17.0 Å². The predicted molar refractivity (Wildman–Crippen MR) is 58.8 cm³/mol. The Balaban J connectivity index is 3.20. The lowest BCUT2D eigenvalue weighted by atomic mass is 10.0. The number of rotatable bonds is 2. The summed E-state index contributed by atoms with van der Waals surface area (Å²) in [5.41, 5.74) is 15.3. The molecule has 0 atom stereocenters. The van der Waals surface area contributed by atoms with Gasteiger partial charge in [0, 0.05) is 11.4 Å². The Morgan fingerprint density at radius 1 is 1.31 bits per heavy atom. The minimum absolute atomic E-state index is 0.528. The van der Waals surface area contributed by atoms with E-state index in [9.17, 15) is 0 Å². The highest BCUT2D eigenvalue weighted by atomic mass is 14.6. The number of hydrogen-bond donors (Lipinski definition) is 2. The van der Waals surface area contributed by atoms with Crippen molar-refractivity contribution in [2.75, 3.05) is 5.73 Å². The maximum atomic E-state index is 5.80. The highest BCUT2D eigenvalue weighted by molar-refractivity contribution is 5.76. The summed E-state index contributed by atoms with van der Waals surface area (Å²) in [6, 6.07) is 5.61. The van der Waals surface area contributed by atoms with Gasteiger partial charge >= 0.3 is 0 Å². The third-order valence-corrected chi connectivity index (χ3v) is 1.88. The maximum Gasteiger partial charge on any atom is 0.0396 e. The van der Waals surface area contributed by atoms with Crippen molar-refractivity contribution in [3.05, 3.63) is 42.5 Å². The molecule has 0 heterocycles. The van der Waals surface area contributed by atoms with Crippen molar-refractivity contribution in [3.8, 4) is 0 Å². The van der Waals surface area contributed by atoms with Crippen molar-refractivity contribution in [1.82, 2.24) is 0 Å². The van der Waals surface area contributed by atoms with Gasteiger partial charge in [0.1, 0.15) is 0 Å². The summed E-state index contributed by atoms with van der Waals surface area (Å²) in [5, 5.41) is 0. The van der Waals surface area contributed by atoms with E-state index >= 15 is 0 Å². The Kier molecular flexibility index (Phi) is 2.42. The topological polar surface area (TPSA) is 52.0 Å². The summed E-state index contributed by atoms with van der Waals surface area (Å²) in [6.07, 6.45) is 0. The molecule has 0 aliphatic carbocycles. The molecule has 0 aliphatic rings. The molecule has 0 radical (unpaired) electrons. The molecule has 2 heteroatoms. The van der Waals surface area contributed by atoms with Crippen molar-refractivity contribution in [1.29, 1.82) is 0 Å². The van der Waals surface area contributed by atoms with Crippen LogP contribution in [0.3, 0.4) is 0 Å². The van der Waals surface area contributed by atoms with Crippen LogP contribution >= 0.6 is 0 Å². The fraction of sp³-hybridized carbons (Fsp3) is 0.0909. The van der Waals surface area contributed by atoms with E-state index in [1.165, 1.54) is 0 Å². The molecule has 13 heavy (non-hydrogen) atoms. The fourth-order valence-corrected chi connectivity index (χ4v) is 1.15. The quantitative estimate of drug-likeness (QED) is 0.675. The van der Waals surface area contributed by atoms with E-state index in [0.717, 1.165) is 16.7 Å². The molecule has 1 aromatic carbocycles. The van der Waals surface area contributed by atoms with E-state index in [2.05, 4.69) is 13.2 Å². The van der Waals surface area contributed by atoms with Crippen molar-refractivity contribution in [2.45, 2.75) is 6.92 Å². The molecule has 1 aromatic rings. The van der Waals surface area contributed by atoms with Gasteiger partial charge in [0.25, 0.3) is 0 Å². The molecule has 0 fully saturated rings. The fourth-order valence-electron chi connectivity index (χ4n) is 1.15. The number of anilines is 1. The standard InChI is InChI=1S/C11H14N2/c1-7(2)10-5-4-9(8(3)12)6-11(10)13/h4-6H,1,3,12-13H2,2H3. The number of hydrogen-bond acceptors (Lipinski definition) is 2. The zero-order valence-electron chi connectivity index (χ0n) is 7.80. The van der Waals surface area contributed by atoms with Crippen LogP contribution in [0.5, 0.6) is 0 Å². The van der Waals surface area contributed by atoms with E-state index in [4.69, 9.17) is 11.5 Å². The average molecular weight is 174 g/mol. The molecular formula is C11H14N2. The minimum atomic E-state index is 0.528. The van der Waals surface area contributed by atoms with Crippen molar-refractivity contribution in [3.63, 3.8) is 0 Å². The number of benzene rings is 1. The lowest BCUT2D eigenvalue weighted by Crippen LogP contribution is -1.98. The molecular weight excluding hydrogens is 160 g/mol. The summed E-state index contributed by atoms with van der Waals surface area (Å²) in [5.74, 6) is 0. The smallest absolute Gasteiger partial charge is 0.0396 e. The van der Waals surface area contributed by atoms with Gasteiger partial charge in [-0.2, -0.15) is 0 Å². The maximum absolute atomic E-state index is 5.80. The van der Waals surface area contributed by atoms with Crippen LogP contribution in [0.4, 0.5) is 5.69 Å². The van der Waals surface area contributed by atoms with Gasteiger partial charge in [-0.1, -0.05) is 25.3 Å². The number of nitrogens with two attached hydrogens (primary N) is 2. The number of allylic oxidation sites excluding steroid dienone is 1. The van der Waals surface area contributed by atoms with E-state index in [0.29, 0.717) is 11.4 Å². The lowest BCUT2D eigenvalue weighted by Gasteiger charge is -2.07. The highest BCUT2D eigenvalue weighted by Crippen LogP contribution is 2.22. The molecule has 2 nitrogen and oxygen atoms in total. The lowest BCUT2D eigenvalue weighted by molar-refractivity contribution is 1.50. The van der Waals surface area contributed by atoms with Gasteiger partial charge < -0.3 is 11.5 Å². The Labute approximate surface area is 78.6 Å². The molecule has 1 rings (SSSR count). The normalized spacial score (nSPS) is 9.62. The second-order valence-corrected chi connectivity index (χ2v) is 3.11. The van der Waals surface area contributed by atoms with Crippen LogP contribution in [0.15, 0.2) is 31.4 Å². The second kappa shape index (κ2) is 3.35. The Bertz CT molecular complexity index is 364. The van der Waals surface area contributed by atoms with Gasteiger partial charge in [0.15, 0.2) is 0 Å². The average Bonchev–Trinajstić information content (AvgIpc) is 2.03. The third kappa shape index (κ3) is 1.90. The molecule has 0 saturated carbocycles. The first-order valence-electron chi connectivity index (χ1n) is 4.02. The Hall–Kier alpha value is -1.70. The SMILES string of the molecule is C=C(N)c1ccc(C(=C)C)c(N)c1. The molecule has 0 saturated heterocycles. The van der Waals surface area contributed by atoms with Gasteiger partial charge in [0.2, 0.25) is 0 Å². The first-order valence-corrected chi connectivity index (χ1v) is 4.02.